The van der Waals surface area contributed by atoms with Gasteiger partial charge in [0.2, 0.25) is 5.43 Å². The summed E-state index contributed by atoms with van der Waals surface area (Å²) in [4.78, 5) is 25.9. The van der Waals surface area contributed by atoms with Crippen LogP contribution in [-0.2, 0) is 0 Å². The maximum atomic E-state index is 13.0. The molecule has 0 amide bonds. The normalized spacial score (nSPS) is 11.3. The number of benzene rings is 2. The van der Waals surface area contributed by atoms with Crippen LogP contribution in [-0.4, -0.2) is 10.2 Å². The number of carbonyl (C=O) groups excluding carboxylic acids is 1. The third-order valence-electron chi connectivity index (χ3n) is 4.96. The number of nitrogens with zero attached hydrogens (tertiary/aromatic N) is 1. The molecule has 3 heterocycles. The first kappa shape index (κ1) is 15.5. The van der Waals surface area contributed by atoms with Crippen molar-refractivity contribution in [2.45, 2.75) is 0 Å². The Morgan fingerprint density at radius 1 is 0.667 bits per heavy atom. The number of pyridine rings is 2. The highest BCUT2D eigenvalue weighted by atomic mass is 16.1. The van der Waals surface area contributed by atoms with Gasteiger partial charge in [0.15, 0.2) is 5.78 Å². The highest BCUT2D eigenvalue weighted by molar-refractivity contribution is 6.15. The van der Waals surface area contributed by atoms with E-state index in [1.807, 2.05) is 71.1 Å². The van der Waals surface area contributed by atoms with Crippen LogP contribution in [0.4, 0.5) is 0 Å². The number of ketones is 1. The molecule has 0 aliphatic heterocycles. The molecule has 0 radical (unpaired) electrons. The van der Waals surface area contributed by atoms with Crippen molar-refractivity contribution < 1.29 is 4.79 Å². The highest BCUT2D eigenvalue weighted by Gasteiger charge is 2.19. The monoisotopic (exact) mass is 349 g/mol. The van der Waals surface area contributed by atoms with E-state index < -0.39 is 0 Å². The van der Waals surface area contributed by atoms with Crippen molar-refractivity contribution in [1.82, 2.24) is 4.40 Å². The van der Waals surface area contributed by atoms with Gasteiger partial charge in [0.25, 0.3) is 0 Å². The van der Waals surface area contributed by atoms with Gasteiger partial charge in [-0.25, -0.2) is 0 Å². The molecule has 0 spiro atoms. The molecule has 5 rings (SSSR count). The summed E-state index contributed by atoms with van der Waals surface area (Å²) in [6, 6.07) is 28.2. The summed E-state index contributed by atoms with van der Waals surface area (Å²) in [7, 11) is 0. The summed E-state index contributed by atoms with van der Waals surface area (Å²) >= 11 is 0. The first-order valence-electron chi connectivity index (χ1n) is 8.80. The third-order valence-corrected chi connectivity index (χ3v) is 4.96. The van der Waals surface area contributed by atoms with Crippen LogP contribution < -0.4 is 5.43 Å². The molecule has 0 bridgehead atoms. The van der Waals surface area contributed by atoms with E-state index in [-0.39, 0.29) is 11.2 Å². The van der Waals surface area contributed by atoms with Crippen molar-refractivity contribution >= 4 is 22.3 Å². The average Bonchev–Trinajstić information content (AvgIpc) is 3.13. The van der Waals surface area contributed by atoms with Crippen molar-refractivity contribution in [3.05, 3.63) is 112 Å². The highest BCUT2D eigenvalue weighted by Crippen LogP contribution is 2.29. The summed E-state index contributed by atoms with van der Waals surface area (Å²) in [6.45, 7) is 0. The molecule has 3 aromatic heterocycles. The van der Waals surface area contributed by atoms with Gasteiger partial charge in [-0.1, -0.05) is 66.7 Å². The second kappa shape index (κ2) is 5.92. The van der Waals surface area contributed by atoms with Gasteiger partial charge in [-0.3, -0.25) is 9.59 Å². The van der Waals surface area contributed by atoms with Crippen LogP contribution in [0.15, 0.2) is 95.8 Å². The molecule has 2 aromatic carbocycles. The molecule has 27 heavy (non-hydrogen) atoms. The molecule has 0 aliphatic carbocycles. The van der Waals surface area contributed by atoms with Crippen LogP contribution >= 0.6 is 0 Å². The van der Waals surface area contributed by atoms with Gasteiger partial charge >= 0.3 is 0 Å². The number of rotatable bonds is 3. The number of aromatic nitrogens is 1. The average molecular weight is 349 g/mol. The molecule has 0 N–H and O–H groups in total. The van der Waals surface area contributed by atoms with Crippen LogP contribution in [0.25, 0.3) is 27.7 Å². The minimum absolute atomic E-state index is 0.0764. The standard InChI is InChI=1S/C24H15NO2/c26-23-15-18(16-8-3-1-4-9-16)20-12-7-13-21-19(14-22(23)25(20)21)24(27)17-10-5-2-6-11-17/h1-15H. The second-order valence-corrected chi connectivity index (χ2v) is 6.56. The van der Waals surface area contributed by atoms with Gasteiger partial charge in [-0.05, 0) is 29.8 Å². The zero-order chi connectivity index (χ0) is 18.4. The lowest BCUT2D eigenvalue weighted by atomic mass is 10.0. The Labute approximate surface area is 155 Å². The van der Waals surface area contributed by atoms with Crippen molar-refractivity contribution in [3.8, 4) is 11.1 Å². The zero-order valence-corrected chi connectivity index (χ0v) is 14.4. The second-order valence-electron chi connectivity index (χ2n) is 6.56. The summed E-state index contributed by atoms with van der Waals surface area (Å²) < 4.78 is 1.90. The van der Waals surface area contributed by atoms with E-state index in [2.05, 4.69) is 0 Å². The minimum Gasteiger partial charge on any atom is -0.305 e. The van der Waals surface area contributed by atoms with E-state index in [0.717, 1.165) is 22.2 Å². The van der Waals surface area contributed by atoms with Gasteiger partial charge < -0.3 is 4.40 Å². The van der Waals surface area contributed by atoms with E-state index in [1.54, 1.807) is 24.3 Å². The van der Waals surface area contributed by atoms with Gasteiger partial charge in [-0.15, -0.1) is 0 Å². The maximum absolute atomic E-state index is 13.0. The minimum atomic E-state index is -0.0883. The summed E-state index contributed by atoms with van der Waals surface area (Å²) in [5.74, 6) is -0.0764. The predicted octanol–water partition coefficient (Wildman–Crippen LogP) is 4.79. The Bertz CT molecular complexity index is 1340. The Kier molecular flexibility index (Phi) is 3.41. The SMILES string of the molecule is O=C(c1ccccc1)c1cc2c(=O)cc(-c3ccccc3)c3cccc1n32. The largest absolute Gasteiger partial charge is 0.305 e. The van der Waals surface area contributed by atoms with Crippen LogP contribution in [0.2, 0.25) is 0 Å². The lowest BCUT2D eigenvalue weighted by Crippen LogP contribution is -2.05. The lowest BCUT2D eigenvalue weighted by molar-refractivity contribution is 0.104. The van der Waals surface area contributed by atoms with E-state index in [0.29, 0.717) is 16.6 Å². The molecular formula is C24H15NO2. The Balaban J connectivity index is 1.83. The van der Waals surface area contributed by atoms with E-state index in [1.165, 1.54) is 0 Å². The van der Waals surface area contributed by atoms with Crippen LogP contribution in [0.5, 0.6) is 0 Å². The third kappa shape index (κ3) is 2.36. The smallest absolute Gasteiger partial charge is 0.203 e. The number of hydrogen-bond acceptors (Lipinski definition) is 2. The molecule has 0 aliphatic rings. The molecule has 3 heteroatoms. The van der Waals surface area contributed by atoms with E-state index >= 15 is 0 Å². The molecular weight excluding hydrogens is 334 g/mol. The van der Waals surface area contributed by atoms with E-state index in [4.69, 9.17) is 0 Å². The fourth-order valence-electron chi connectivity index (χ4n) is 3.70. The first-order chi connectivity index (χ1) is 13.2. The van der Waals surface area contributed by atoms with Crippen molar-refractivity contribution in [1.29, 1.82) is 0 Å². The number of carbonyl (C=O) groups is 1. The van der Waals surface area contributed by atoms with E-state index in [9.17, 15) is 9.59 Å². The molecule has 0 saturated heterocycles. The van der Waals surface area contributed by atoms with Crippen molar-refractivity contribution in [2.24, 2.45) is 0 Å². The molecule has 5 aromatic rings. The Hall–Kier alpha value is -3.72. The van der Waals surface area contributed by atoms with Gasteiger partial charge in [-0.2, -0.15) is 0 Å². The number of hydrogen-bond donors (Lipinski definition) is 0. The van der Waals surface area contributed by atoms with Gasteiger partial charge in [0, 0.05) is 16.7 Å². The van der Waals surface area contributed by atoms with Gasteiger partial charge in [0.1, 0.15) is 0 Å². The topological polar surface area (TPSA) is 38.5 Å². The fraction of sp³-hybridized carbons (Fsp3) is 0. The van der Waals surface area contributed by atoms with Crippen molar-refractivity contribution in [3.63, 3.8) is 0 Å². The molecule has 3 nitrogen and oxygen atoms in total. The Morgan fingerprint density at radius 2 is 1.33 bits per heavy atom. The molecule has 0 saturated carbocycles. The van der Waals surface area contributed by atoms with Gasteiger partial charge in [0.05, 0.1) is 16.6 Å². The quantitative estimate of drug-likeness (QED) is 0.439. The fourth-order valence-corrected chi connectivity index (χ4v) is 3.70. The molecule has 0 unspecified atom stereocenters. The Morgan fingerprint density at radius 3 is 2.07 bits per heavy atom. The zero-order valence-electron chi connectivity index (χ0n) is 14.4. The summed E-state index contributed by atoms with van der Waals surface area (Å²) in [5.41, 5.74) is 5.13. The lowest BCUT2D eigenvalue weighted by Gasteiger charge is -2.09. The van der Waals surface area contributed by atoms with Crippen LogP contribution in [0.1, 0.15) is 15.9 Å². The predicted molar refractivity (Wildman–Crippen MR) is 108 cm³/mol. The molecule has 0 atom stereocenters. The summed E-state index contributed by atoms with van der Waals surface area (Å²) in [5, 5.41) is 0. The van der Waals surface area contributed by atoms with Crippen LogP contribution in [0, 0.1) is 0 Å². The molecule has 128 valence electrons. The van der Waals surface area contributed by atoms with Crippen molar-refractivity contribution in [2.75, 3.05) is 0 Å². The van der Waals surface area contributed by atoms with Crippen LogP contribution in [0.3, 0.4) is 0 Å². The maximum Gasteiger partial charge on any atom is 0.203 e. The molecule has 0 fully saturated rings. The first-order valence-corrected chi connectivity index (χ1v) is 8.80. The summed E-state index contributed by atoms with van der Waals surface area (Å²) in [6.07, 6.45) is 0.